The summed E-state index contributed by atoms with van der Waals surface area (Å²) in [7, 11) is 1.78. The second kappa shape index (κ2) is 11.0. The van der Waals surface area contributed by atoms with Crippen molar-refractivity contribution in [3.8, 4) is 5.75 Å². The number of nitrogens with zero attached hydrogens (tertiary/aromatic N) is 2. The van der Waals surface area contributed by atoms with E-state index >= 15 is 0 Å². The number of hydrogen-bond acceptors (Lipinski definition) is 3. The first-order valence-corrected chi connectivity index (χ1v) is 11.0. The molecule has 4 rings (SSSR count). The zero-order valence-corrected chi connectivity index (χ0v) is 18.4. The summed E-state index contributed by atoms with van der Waals surface area (Å²) in [4.78, 5) is 5.46. The fourth-order valence-electron chi connectivity index (χ4n) is 5.07. The third kappa shape index (κ3) is 5.53. The fraction of sp³-hybridized carbons (Fsp3) is 0.520. The number of piperazine rings is 1. The lowest BCUT2D eigenvalue weighted by Crippen LogP contribution is -2.51. The first-order chi connectivity index (χ1) is 13.8. The van der Waals surface area contributed by atoms with Gasteiger partial charge in [0.05, 0.1) is 7.11 Å². The second-order valence-corrected chi connectivity index (χ2v) is 8.31. The number of benzene rings is 2. The Morgan fingerprint density at radius 3 is 2.21 bits per heavy atom. The quantitative estimate of drug-likeness (QED) is 0.633. The van der Waals surface area contributed by atoms with Crippen molar-refractivity contribution < 1.29 is 4.74 Å². The zero-order valence-electron chi connectivity index (χ0n) is 17.6. The Morgan fingerprint density at radius 2 is 1.52 bits per heavy atom. The molecular formula is C25H35ClN2O. The summed E-state index contributed by atoms with van der Waals surface area (Å²) < 4.78 is 5.64. The number of methoxy groups -OCH3 is 1. The Balaban J connectivity index is 0.00000240. The minimum atomic E-state index is 0. The van der Waals surface area contributed by atoms with E-state index in [2.05, 4.69) is 64.4 Å². The molecule has 0 amide bonds. The van der Waals surface area contributed by atoms with Gasteiger partial charge < -0.3 is 4.74 Å². The molecule has 1 saturated heterocycles. The van der Waals surface area contributed by atoms with E-state index in [1.54, 1.807) is 7.11 Å². The Kier molecular flexibility index (Phi) is 8.40. The van der Waals surface area contributed by atoms with Crippen LogP contribution in [0.5, 0.6) is 5.75 Å². The number of rotatable bonds is 6. The van der Waals surface area contributed by atoms with Crippen LogP contribution in [0.1, 0.15) is 49.3 Å². The molecule has 158 valence electrons. The molecular weight excluding hydrogens is 380 g/mol. The van der Waals surface area contributed by atoms with Crippen molar-refractivity contribution in [2.24, 2.45) is 0 Å². The smallest absolute Gasteiger partial charge is 0.122 e. The Hall–Kier alpha value is -1.55. The van der Waals surface area contributed by atoms with Crippen LogP contribution in [0.3, 0.4) is 0 Å². The van der Waals surface area contributed by atoms with Crippen molar-refractivity contribution in [2.75, 3.05) is 33.3 Å². The van der Waals surface area contributed by atoms with Gasteiger partial charge in [0, 0.05) is 38.3 Å². The predicted molar refractivity (Wildman–Crippen MR) is 123 cm³/mol. The third-order valence-electron chi connectivity index (χ3n) is 6.67. The number of ether oxygens (including phenoxy) is 1. The molecule has 2 aromatic carbocycles. The van der Waals surface area contributed by atoms with E-state index in [0.717, 1.165) is 31.3 Å². The highest BCUT2D eigenvalue weighted by Gasteiger charge is 2.29. The predicted octanol–water partition coefficient (Wildman–Crippen LogP) is 5.35. The van der Waals surface area contributed by atoms with Crippen LogP contribution in [-0.4, -0.2) is 49.1 Å². The van der Waals surface area contributed by atoms with Crippen molar-refractivity contribution in [1.82, 2.24) is 9.80 Å². The highest BCUT2D eigenvalue weighted by molar-refractivity contribution is 5.85. The normalized spacial score (nSPS) is 20.0. The van der Waals surface area contributed by atoms with Gasteiger partial charge in [-0.3, -0.25) is 9.80 Å². The number of para-hydroxylation sites is 1. The second-order valence-electron chi connectivity index (χ2n) is 8.31. The van der Waals surface area contributed by atoms with Gasteiger partial charge in [0.25, 0.3) is 0 Å². The molecule has 3 nitrogen and oxygen atoms in total. The minimum absolute atomic E-state index is 0. The van der Waals surface area contributed by atoms with Crippen LogP contribution in [0.4, 0.5) is 0 Å². The Morgan fingerprint density at radius 1 is 0.862 bits per heavy atom. The first-order valence-electron chi connectivity index (χ1n) is 11.0. The van der Waals surface area contributed by atoms with Crippen LogP contribution < -0.4 is 4.74 Å². The van der Waals surface area contributed by atoms with Gasteiger partial charge in [-0.15, -0.1) is 12.4 Å². The molecule has 1 aliphatic carbocycles. The first kappa shape index (κ1) is 22.1. The summed E-state index contributed by atoms with van der Waals surface area (Å²) in [5.74, 6) is 1.00. The van der Waals surface area contributed by atoms with Crippen LogP contribution in [0.25, 0.3) is 0 Å². The lowest BCUT2D eigenvalue weighted by atomic mass is 9.93. The average Bonchev–Trinajstić information content (AvgIpc) is 2.79. The summed E-state index contributed by atoms with van der Waals surface area (Å²) in [6.07, 6.45) is 8.09. The van der Waals surface area contributed by atoms with Crippen molar-refractivity contribution in [2.45, 2.75) is 50.6 Å². The molecule has 2 aliphatic rings. The maximum absolute atomic E-state index is 5.64. The molecule has 2 aromatic rings. The average molecular weight is 415 g/mol. The van der Waals surface area contributed by atoms with Crippen LogP contribution in [0.15, 0.2) is 54.6 Å². The summed E-state index contributed by atoms with van der Waals surface area (Å²) in [5.41, 5.74) is 2.72. The van der Waals surface area contributed by atoms with E-state index in [1.807, 2.05) is 0 Å². The van der Waals surface area contributed by atoms with Gasteiger partial charge in [0.15, 0.2) is 0 Å². The highest BCUT2D eigenvalue weighted by atomic mass is 35.5. The highest BCUT2D eigenvalue weighted by Crippen LogP contribution is 2.31. The van der Waals surface area contributed by atoms with E-state index in [9.17, 15) is 0 Å². The molecule has 0 aromatic heterocycles. The van der Waals surface area contributed by atoms with Crippen molar-refractivity contribution >= 4 is 12.4 Å². The molecule has 29 heavy (non-hydrogen) atoms. The molecule has 0 N–H and O–H groups in total. The summed E-state index contributed by atoms with van der Waals surface area (Å²) in [6, 6.07) is 20.7. The topological polar surface area (TPSA) is 15.7 Å². The van der Waals surface area contributed by atoms with Gasteiger partial charge in [-0.05, 0) is 36.5 Å². The van der Waals surface area contributed by atoms with Gasteiger partial charge in [-0.2, -0.15) is 0 Å². The van der Waals surface area contributed by atoms with Gasteiger partial charge in [0.1, 0.15) is 5.75 Å². The van der Waals surface area contributed by atoms with E-state index in [1.165, 1.54) is 56.3 Å². The molecule has 1 heterocycles. The monoisotopic (exact) mass is 414 g/mol. The van der Waals surface area contributed by atoms with Crippen molar-refractivity contribution in [3.63, 3.8) is 0 Å². The Bertz CT molecular complexity index is 725. The van der Waals surface area contributed by atoms with E-state index in [-0.39, 0.29) is 12.4 Å². The molecule has 1 aliphatic heterocycles. The molecule has 1 saturated carbocycles. The molecule has 0 spiro atoms. The third-order valence-corrected chi connectivity index (χ3v) is 6.67. The molecule has 1 atom stereocenters. The molecule has 4 heteroatoms. The molecule has 0 bridgehead atoms. The molecule has 0 radical (unpaired) electrons. The van der Waals surface area contributed by atoms with Gasteiger partial charge in [-0.1, -0.05) is 67.8 Å². The maximum atomic E-state index is 5.64. The summed E-state index contributed by atoms with van der Waals surface area (Å²) in [6.45, 7) is 4.73. The van der Waals surface area contributed by atoms with E-state index in [0.29, 0.717) is 6.04 Å². The summed E-state index contributed by atoms with van der Waals surface area (Å²) in [5, 5.41) is 0. The van der Waals surface area contributed by atoms with Crippen LogP contribution >= 0.6 is 12.4 Å². The fourth-order valence-corrected chi connectivity index (χ4v) is 5.07. The number of hydrogen-bond donors (Lipinski definition) is 0. The van der Waals surface area contributed by atoms with Crippen LogP contribution in [-0.2, 0) is 6.42 Å². The van der Waals surface area contributed by atoms with Crippen molar-refractivity contribution in [1.29, 1.82) is 0 Å². The van der Waals surface area contributed by atoms with E-state index in [4.69, 9.17) is 4.74 Å². The largest absolute Gasteiger partial charge is 0.496 e. The van der Waals surface area contributed by atoms with Crippen LogP contribution in [0, 0.1) is 0 Å². The standard InChI is InChI=1S/C25H34N2O.ClH/c1-28-25-15-9-8-12-22(25)20-24(21-10-4-2-5-11-21)27-18-16-26(17-19-27)23-13-6-3-7-14-23;/h2,4-5,8-12,15,23-24H,3,6-7,13-14,16-20H2,1H3;1H. The van der Waals surface area contributed by atoms with E-state index < -0.39 is 0 Å². The SMILES string of the molecule is COc1ccccc1CC(c1ccccc1)N1CCN(C2CCCCC2)CC1.Cl. The Labute approximate surface area is 182 Å². The lowest BCUT2D eigenvalue weighted by molar-refractivity contribution is 0.0558. The zero-order chi connectivity index (χ0) is 19.2. The summed E-state index contributed by atoms with van der Waals surface area (Å²) >= 11 is 0. The molecule has 1 unspecified atom stereocenters. The van der Waals surface area contributed by atoms with Gasteiger partial charge in [0.2, 0.25) is 0 Å². The molecule has 2 fully saturated rings. The van der Waals surface area contributed by atoms with Crippen molar-refractivity contribution in [3.05, 3.63) is 65.7 Å². The van der Waals surface area contributed by atoms with Gasteiger partial charge in [-0.25, -0.2) is 0 Å². The number of halogens is 1. The minimum Gasteiger partial charge on any atom is -0.496 e. The maximum Gasteiger partial charge on any atom is 0.122 e. The van der Waals surface area contributed by atoms with Gasteiger partial charge >= 0.3 is 0 Å². The van der Waals surface area contributed by atoms with Crippen LogP contribution in [0.2, 0.25) is 0 Å². The lowest BCUT2D eigenvalue weighted by Gasteiger charge is -2.43.